The number of rotatable bonds is 0. The molecule has 1 unspecified atom stereocenters. The Morgan fingerprint density at radius 2 is 1.71 bits per heavy atom. The third kappa shape index (κ3) is 2.90. The number of aryl methyl sites for hydroxylation is 2. The van der Waals surface area contributed by atoms with Gasteiger partial charge >= 0.3 is 0 Å². The number of benzene rings is 1. The van der Waals surface area contributed by atoms with Crippen LogP contribution in [0, 0.1) is 13.8 Å². The molecule has 17 heavy (non-hydrogen) atoms. The highest BCUT2D eigenvalue weighted by Crippen LogP contribution is 2.27. The molecular formula is C16H25N. The Morgan fingerprint density at radius 3 is 2.41 bits per heavy atom. The molecule has 1 atom stereocenters. The van der Waals surface area contributed by atoms with Gasteiger partial charge in [-0.15, -0.1) is 0 Å². The summed E-state index contributed by atoms with van der Waals surface area (Å²) >= 11 is 0. The van der Waals surface area contributed by atoms with Gasteiger partial charge in [0.25, 0.3) is 0 Å². The molecule has 0 heterocycles. The van der Waals surface area contributed by atoms with Crippen molar-refractivity contribution in [1.82, 2.24) is 0 Å². The highest BCUT2D eigenvalue weighted by atomic mass is 14.7. The van der Waals surface area contributed by atoms with E-state index in [-0.39, 0.29) is 5.54 Å². The van der Waals surface area contributed by atoms with Gasteiger partial charge in [0.1, 0.15) is 0 Å². The normalized spacial score (nSPS) is 25.6. The van der Waals surface area contributed by atoms with Crippen LogP contribution in [0.5, 0.6) is 0 Å². The van der Waals surface area contributed by atoms with Crippen LogP contribution in [-0.2, 0) is 12.8 Å². The molecule has 0 radical (unpaired) electrons. The fourth-order valence-electron chi connectivity index (χ4n) is 2.99. The summed E-state index contributed by atoms with van der Waals surface area (Å²) in [4.78, 5) is 0. The van der Waals surface area contributed by atoms with E-state index in [2.05, 4.69) is 32.9 Å². The molecule has 1 aromatic carbocycles. The monoisotopic (exact) mass is 231 g/mol. The summed E-state index contributed by atoms with van der Waals surface area (Å²) in [6, 6.07) is 4.60. The summed E-state index contributed by atoms with van der Waals surface area (Å²) in [5.74, 6) is 0. The molecule has 1 aromatic rings. The molecule has 2 rings (SSSR count). The van der Waals surface area contributed by atoms with Gasteiger partial charge in [-0.05, 0) is 81.5 Å². The minimum absolute atomic E-state index is 0.0466. The summed E-state index contributed by atoms with van der Waals surface area (Å²) in [5.41, 5.74) is 12.5. The molecule has 0 spiro atoms. The summed E-state index contributed by atoms with van der Waals surface area (Å²) in [5, 5.41) is 0. The van der Waals surface area contributed by atoms with Gasteiger partial charge in [-0.1, -0.05) is 12.1 Å². The van der Waals surface area contributed by atoms with Crippen molar-refractivity contribution in [2.45, 2.75) is 64.8 Å². The highest BCUT2D eigenvalue weighted by molar-refractivity contribution is 5.40. The Morgan fingerprint density at radius 1 is 1.06 bits per heavy atom. The predicted molar refractivity (Wildman–Crippen MR) is 74.4 cm³/mol. The Hall–Kier alpha value is -0.820. The largest absolute Gasteiger partial charge is 0.325 e. The van der Waals surface area contributed by atoms with Gasteiger partial charge < -0.3 is 5.73 Å². The fraction of sp³-hybridized carbons (Fsp3) is 0.625. The fourth-order valence-corrected chi connectivity index (χ4v) is 2.99. The van der Waals surface area contributed by atoms with Crippen LogP contribution in [-0.4, -0.2) is 5.54 Å². The molecule has 0 fully saturated rings. The molecule has 0 aliphatic heterocycles. The van der Waals surface area contributed by atoms with E-state index < -0.39 is 0 Å². The molecule has 94 valence electrons. The second-order valence-corrected chi connectivity index (χ2v) is 6.01. The predicted octanol–water partition coefficient (Wildman–Crippen LogP) is 3.68. The van der Waals surface area contributed by atoms with Crippen molar-refractivity contribution in [3.05, 3.63) is 34.4 Å². The van der Waals surface area contributed by atoms with Gasteiger partial charge in [0.05, 0.1) is 0 Å². The first-order valence-electron chi connectivity index (χ1n) is 6.86. The summed E-state index contributed by atoms with van der Waals surface area (Å²) in [6.45, 7) is 6.70. The van der Waals surface area contributed by atoms with Crippen molar-refractivity contribution >= 4 is 0 Å². The maximum Gasteiger partial charge on any atom is 0.0126 e. The molecule has 0 saturated carbocycles. The number of fused-ring (bicyclic) bond motifs is 1. The maximum absolute atomic E-state index is 6.32. The van der Waals surface area contributed by atoms with E-state index in [4.69, 9.17) is 5.73 Å². The van der Waals surface area contributed by atoms with Crippen LogP contribution in [0.3, 0.4) is 0 Å². The first-order valence-corrected chi connectivity index (χ1v) is 6.86. The molecule has 2 N–H and O–H groups in total. The summed E-state index contributed by atoms with van der Waals surface area (Å²) in [6.07, 6.45) is 7.16. The number of hydrogen-bond acceptors (Lipinski definition) is 1. The molecule has 0 amide bonds. The lowest BCUT2D eigenvalue weighted by Gasteiger charge is -2.23. The van der Waals surface area contributed by atoms with Crippen LogP contribution in [0.4, 0.5) is 0 Å². The second kappa shape index (κ2) is 4.81. The molecule has 1 aliphatic rings. The van der Waals surface area contributed by atoms with Gasteiger partial charge in [0, 0.05) is 5.54 Å². The lowest BCUT2D eigenvalue weighted by molar-refractivity contribution is 0.383. The summed E-state index contributed by atoms with van der Waals surface area (Å²) < 4.78 is 0. The van der Waals surface area contributed by atoms with Crippen molar-refractivity contribution < 1.29 is 0 Å². The van der Waals surface area contributed by atoms with Gasteiger partial charge in [-0.3, -0.25) is 0 Å². The maximum atomic E-state index is 6.32. The van der Waals surface area contributed by atoms with Crippen LogP contribution in [0.25, 0.3) is 0 Å². The molecule has 1 aliphatic carbocycles. The van der Waals surface area contributed by atoms with Crippen LogP contribution in [0.1, 0.15) is 54.9 Å². The Labute approximate surface area is 105 Å². The third-order valence-electron chi connectivity index (χ3n) is 4.33. The van der Waals surface area contributed by atoms with E-state index in [0.717, 1.165) is 12.8 Å². The number of nitrogens with two attached hydrogens (primary N) is 1. The Kier molecular flexibility index (Phi) is 3.58. The molecule has 1 heteroatoms. The van der Waals surface area contributed by atoms with Gasteiger partial charge in [-0.25, -0.2) is 0 Å². The highest BCUT2D eigenvalue weighted by Gasteiger charge is 2.20. The van der Waals surface area contributed by atoms with E-state index in [0.29, 0.717) is 0 Å². The average Bonchev–Trinajstić information content (AvgIpc) is 2.33. The topological polar surface area (TPSA) is 26.0 Å². The van der Waals surface area contributed by atoms with Crippen molar-refractivity contribution in [2.24, 2.45) is 5.73 Å². The standard InChI is InChI=1S/C16H25N/c1-12-8-9-14-6-4-10-16(3,17)11-5-7-15(14)13(12)2/h8-9H,4-7,10-11,17H2,1-3H3. The van der Waals surface area contributed by atoms with E-state index >= 15 is 0 Å². The van der Waals surface area contributed by atoms with Crippen LogP contribution < -0.4 is 5.73 Å². The van der Waals surface area contributed by atoms with Crippen molar-refractivity contribution in [1.29, 1.82) is 0 Å². The van der Waals surface area contributed by atoms with Crippen LogP contribution in [0.2, 0.25) is 0 Å². The van der Waals surface area contributed by atoms with Crippen molar-refractivity contribution in [3.8, 4) is 0 Å². The Bertz CT molecular complexity index is 404. The molecular weight excluding hydrogens is 206 g/mol. The zero-order valence-electron chi connectivity index (χ0n) is 11.5. The molecule has 0 aromatic heterocycles. The van der Waals surface area contributed by atoms with Crippen LogP contribution >= 0.6 is 0 Å². The van der Waals surface area contributed by atoms with E-state index in [1.807, 2.05) is 0 Å². The van der Waals surface area contributed by atoms with Crippen molar-refractivity contribution in [2.75, 3.05) is 0 Å². The first-order chi connectivity index (χ1) is 7.99. The lowest BCUT2D eigenvalue weighted by Crippen LogP contribution is -2.35. The SMILES string of the molecule is Cc1ccc2c(c1C)CCCC(C)(N)CCC2. The van der Waals surface area contributed by atoms with Gasteiger partial charge in [0.2, 0.25) is 0 Å². The zero-order valence-corrected chi connectivity index (χ0v) is 11.5. The van der Waals surface area contributed by atoms with Crippen LogP contribution in [0.15, 0.2) is 12.1 Å². The lowest BCUT2D eigenvalue weighted by atomic mass is 9.91. The molecule has 0 saturated heterocycles. The summed E-state index contributed by atoms with van der Waals surface area (Å²) in [7, 11) is 0. The quantitative estimate of drug-likeness (QED) is 0.724. The van der Waals surface area contributed by atoms with E-state index in [9.17, 15) is 0 Å². The minimum atomic E-state index is 0.0466. The third-order valence-corrected chi connectivity index (χ3v) is 4.33. The van der Waals surface area contributed by atoms with Crippen molar-refractivity contribution in [3.63, 3.8) is 0 Å². The number of hydrogen-bond donors (Lipinski definition) is 1. The second-order valence-electron chi connectivity index (χ2n) is 6.01. The zero-order chi connectivity index (χ0) is 12.5. The average molecular weight is 231 g/mol. The Balaban J connectivity index is 2.28. The molecule has 0 bridgehead atoms. The minimum Gasteiger partial charge on any atom is -0.325 e. The van der Waals surface area contributed by atoms with E-state index in [1.165, 1.54) is 36.8 Å². The van der Waals surface area contributed by atoms with E-state index in [1.54, 1.807) is 11.1 Å². The van der Waals surface area contributed by atoms with Gasteiger partial charge in [-0.2, -0.15) is 0 Å². The first kappa shape index (κ1) is 12.6. The smallest absolute Gasteiger partial charge is 0.0126 e. The van der Waals surface area contributed by atoms with Gasteiger partial charge in [0.15, 0.2) is 0 Å². The molecule has 1 nitrogen and oxygen atoms in total.